The number of carboxylic acids is 1. The minimum absolute atomic E-state index is 0.120. The highest BCUT2D eigenvalue weighted by molar-refractivity contribution is 6.09. The highest BCUT2D eigenvalue weighted by Crippen LogP contribution is 2.27. The Labute approximate surface area is 185 Å². The van der Waals surface area contributed by atoms with E-state index in [1.54, 1.807) is 30.3 Å². The SMILES string of the molecule is CCCOc1ccc(-c2ccccc2C(=O)Nc2ccc3cc(C(=O)O)cnc3c2)cc1. The summed E-state index contributed by atoms with van der Waals surface area (Å²) in [4.78, 5) is 28.4. The van der Waals surface area contributed by atoms with Gasteiger partial charge in [0.2, 0.25) is 0 Å². The molecule has 0 aliphatic rings. The summed E-state index contributed by atoms with van der Waals surface area (Å²) < 4.78 is 5.64. The summed E-state index contributed by atoms with van der Waals surface area (Å²) in [6, 6.07) is 21.9. The highest BCUT2D eigenvalue weighted by Gasteiger charge is 2.14. The number of aromatic carboxylic acids is 1. The number of rotatable bonds is 7. The number of hydrogen-bond donors (Lipinski definition) is 2. The number of pyridine rings is 1. The summed E-state index contributed by atoms with van der Waals surface area (Å²) in [5.41, 5.74) is 3.58. The van der Waals surface area contributed by atoms with E-state index in [1.165, 1.54) is 6.20 Å². The molecule has 1 amide bonds. The van der Waals surface area contributed by atoms with Crippen LogP contribution in [0.3, 0.4) is 0 Å². The molecule has 32 heavy (non-hydrogen) atoms. The van der Waals surface area contributed by atoms with Gasteiger partial charge < -0.3 is 15.2 Å². The van der Waals surface area contributed by atoms with Crippen molar-refractivity contribution >= 4 is 28.5 Å². The summed E-state index contributed by atoms with van der Waals surface area (Å²) in [6.45, 7) is 2.72. The van der Waals surface area contributed by atoms with Crippen molar-refractivity contribution in [1.82, 2.24) is 4.98 Å². The van der Waals surface area contributed by atoms with Crippen LogP contribution in [-0.2, 0) is 0 Å². The first kappa shape index (κ1) is 21.1. The lowest BCUT2D eigenvalue weighted by molar-refractivity contribution is 0.0696. The van der Waals surface area contributed by atoms with Crippen molar-refractivity contribution in [3.63, 3.8) is 0 Å². The molecule has 0 radical (unpaired) electrons. The van der Waals surface area contributed by atoms with E-state index < -0.39 is 5.97 Å². The summed E-state index contributed by atoms with van der Waals surface area (Å²) in [7, 11) is 0. The van der Waals surface area contributed by atoms with Crippen LogP contribution in [0.1, 0.15) is 34.1 Å². The molecule has 160 valence electrons. The van der Waals surface area contributed by atoms with Crippen molar-refractivity contribution in [3.05, 3.63) is 90.1 Å². The quantitative estimate of drug-likeness (QED) is 0.399. The molecule has 0 unspecified atom stereocenters. The van der Waals surface area contributed by atoms with Gasteiger partial charge in [-0.1, -0.05) is 43.3 Å². The second kappa shape index (κ2) is 9.31. The third-order valence-corrected chi connectivity index (χ3v) is 5.00. The number of ether oxygens (including phenoxy) is 1. The zero-order valence-electron chi connectivity index (χ0n) is 17.5. The molecule has 0 saturated carbocycles. The molecule has 0 saturated heterocycles. The molecular weight excluding hydrogens is 404 g/mol. The Morgan fingerprint density at radius 1 is 1.00 bits per heavy atom. The predicted octanol–water partition coefficient (Wildman–Crippen LogP) is 5.64. The van der Waals surface area contributed by atoms with Crippen LogP contribution in [0, 0.1) is 0 Å². The average Bonchev–Trinajstić information content (AvgIpc) is 2.82. The van der Waals surface area contributed by atoms with E-state index in [0.29, 0.717) is 28.8 Å². The van der Waals surface area contributed by atoms with E-state index in [4.69, 9.17) is 9.84 Å². The molecular formula is C26H22N2O4. The van der Waals surface area contributed by atoms with Crippen LogP contribution in [0.15, 0.2) is 79.0 Å². The van der Waals surface area contributed by atoms with Crippen molar-refractivity contribution in [1.29, 1.82) is 0 Å². The van der Waals surface area contributed by atoms with Crippen LogP contribution < -0.4 is 10.1 Å². The summed E-state index contributed by atoms with van der Waals surface area (Å²) >= 11 is 0. The normalized spacial score (nSPS) is 10.7. The van der Waals surface area contributed by atoms with Gasteiger partial charge in [-0.25, -0.2) is 4.79 Å². The van der Waals surface area contributed by atoms with E-state index in [0.717, 1.165) is 23.3 Å². The molecule has 1 heterocycles. The van der Waals surface area contributed by atoms with Crippen molar-refractivity contribution in [2.45, 2.75) is 13.3 Å². The molecule has 3 aromatic carbocycles. The highest BCUT2D eigenvalue weighted by atomic mass is 16.5. The van der Waals surface area contributed by atoms with Crippen molar-refractivity contribution in [2.75, 3.05) is 11.9 Å². The second-order valence-corrected chi connectivity index (χ2v) is 7.31. The molecule has 0 fully saturated rings. The van der Waals surface area contributed by atoms with E-state index in [1.807, 2.05) is 42.5 Å². The van der Waals surface area contributed by atoms with Gasteiger partial charge in [0.25, 0.3) is 5.91 Å². The molecule has 6 nitrogen and oxygen atoms in total. The fraction of sp³-hybridized carbons (Fsp3) is 0.115. The minimum atomic E-state index is -1.03. The third kappa shape index (κ3) is 4.59. The van der Waals surface area contributed by atoms with E-state index in [-0.39, 0.29) is 11.5 Å². The van der Waals surface area contributed by atoms with Gasteiger partial charge in [0, 0.05) is 22.8 Å². The van der Waals surface area contributed by atoms with Gasteiger partial charge in [-0.05, 0) is 53.9 Å². The molecule has 0 aliphatic carbocycles. The topological polar surface area (TPSA) is 88.5 Å². The second-order valence-electron chi connectivity index (χ2n) is 7.31. The predicted molar refractivity (Wildman–Crippen MR) is 124 cm³/mol. The van der Waals surface area contributed by atoms with E-state index in [2.05, 4.69) is 17.2 Å². The number of amides is 1. The Bertz CT molecular complexity index is 1280. The van der Waals surface area contributed by atoms with Crippen LogP contribution in [0.25, 0.3) is 22.0 Å². The number of carboxylic acid groups (broad SMARTS) is 1. The summed E-state index contributed by atoms with van der Waals surface area (Å²) in [5, 5.41) is 12.7. The Morgan fingerprint density at radius 2 is 1.78 bits per heavy atom. The fourth-order valence-corrected chi connectivity index (χ4v) is 3.40. The average molecular weight is 426 g/mol. The number of anilines is 1. The third-order valence-electron chi connectivity index (χ3n) is 5.00. The Hall–Kier alpha value is -4.19. The molecule has 4 aromatic rings. The first-order valence-corrected chi connectivity index (χ1v) is 10.3. The molecule has 6 heteroatoms. The minimum Gasteiger partial charge on any atom is -0.494 e. The van der Waals surface area contributed by atoms with Gasteiger partial charge in [0.15, 0.2) is 0 Å². The van der Waals surface area contributed by atoms with Gasteiger partial charge in [0.1, 0.15) is 5.75 Å². The number of nitrogens with zero attached hydrogens (tertiary/aromatic N) is 1. The largest absolute Gasteiger partial charge is 0.494 e. The smallest absolute Gasteiger partial charge is 0.337 e. The standard InChI is InChI=1S/C26H22N2O4/c1-2-13-32-21-11-8-17(9-12-21)22-5-3-4-6-23(22)25(29)28-20-10-7-18-14-19(26(30)31)16-27-24(18)15-20/h3-12,14-16H,2,13H2,1H3,(H,28,29)(H,30,31). The van der Waals surface area contributed by atoms with E-state index in [9.17, 15) is 9.59 Å². The lowest BCUT2D eigenvalue weighted by Crippen LogP contribution is -2.13. The number of carbonyl (C=O) groups excluding carboxylic acids is 1. The Balaban J connectivity index is 1.58. The van der Waals surface area contributed by atoms with Gasteiger partial charge in [-0.15, -0.1) is 0 Å². The number of nitrogens with one attached hydrogen (secondary N) is 1. The summed E-state index contributed by atoms with van der Waals surface area (Å²) in [6.07, 6.45) is 2.25. The number of carbonyl (C=O) groups is 2. The molecule has 0 aliphatic heterocycles. The maximum atomic E-state index is 13.1. The zero-order valence-corrected chi connectivity index (χ0v) is 17.5. The fourth-order valence-electron chi connectivity index (χ4n) is 3.40. The Morgan fingerprint density at radius 3 is 2.53 bits per heavy atom. The van der Waals surface area contributed by atoms with Crippen molar-refractivity contribution < 1.29 is 19.4 Å². The van der Waals surface area contributed by atoms with Crippen molar-refractivity contribution in [3.8, 4) is 16.9 Å². The monoisotopic (exact) mass is 426 g/mol. The number of hydrogen-bond acceptors (Lipinski definition) is 4. The zero-order chi connectivity index (χ0) is 22.5. The first-order chi connectivity index (χ1) is 15.5. The summed E-state index contributed by atoms with van der Waals surface area (Å²) in [5.74, 6) is -0.473. The van der Waals surface area contributed by atoms with Gasteiger partial charge in [0.05, 0.1) is 17.7 Å². The van der Waals surface area contributed by atoms with Crippen LogP contribution in [0.5, 0.6) is 5.75 Å². The maximum Gasteiger partial charge on any atom is 0.337 e. The lowest BCUT2D eigenvalue weighted by Gasteiger charge is -2.12. The Kier molecular flexibility index (Phi) is 6.12. The first-order valence-electron chi connectivity index (χ1n) is 10.3. The molecule has 1 aromatic heterocycles. The number of benzene rings is 3. The molecule has 2 N–H and O–H groups in total. The molecule has 0 atom stereocenters. The van der Waals surface area contributed by atoms with Crippen LogP contribution in [0.4, 0.5) is 5.69 Å². The van der Waals surface area contributed by atoms with Crippen LogP contribution >= 0.6 is 0 Å². The molecule has 0 spiro atoms. The van der Waals surface area contributed by atoms with Crippen molar-refractivity contribution in [2.24, 2.45) is 0 Å². The number of fused-ring (bicyclic) bond motifs is 1. The van der Waals surface area contributed by atoms with Crippen LogP contribution in [-0.4, -0.2) is 28.6 Å². The molecule has 4 rings (SSSR count). The maximum absolute atomic E-state index is 13.1. The van der Waals surface area contributed by atoms with Crippen LogP contribution in [0.2, 0.25) is 0 Å². The molecule has 0 bridgehead atoms. The number of aromatic nitrogens is 1. The van der Waals surface area contributed by atoms with E-state index >= 15 is 0 Å². The lowest BCUT2D eigenvalue weighted by atomic mass is 9.99. The van der Waals surface area contributed by atoms with Gasteiger partial charge >= 0.3 is 5.97 Å². The van der Waals surface area contributed by atoms with Gasteiger partial charge in [-0.2, -0.15) is 0 Å². The van der Waals surface area contributed by atoms with Gasteiger partial charge in [-0.3, -0.25) is 9.78 Å².